The minimum absolute atomic E-state index is 1.30. The van der Waals surface area contributed by atoms with Gasteiger partial charge in [-0.25, -0.2) is 0 Å². The molecule has 1 rings (SSSR count). The first kappa shape index (κ1) is 13.9. The third kappa shape index (κ3) is 4.27. The van der Waals surface area contributed by atoms with Crippen LogP contribution in [0.15, 0.2) is 63.9 Å². The van der Waals surface area contributed by atoms with Crippen molar-refractivity contribution in [2.75, 3.05) is 0 Å². The largest absolute Gasteiger partial charge is 0.0896 e. The number of benzene rings is 1. The first-order chi connectivity index (χ1) is 8.19. The van der Waals surface area contributed by atoms with Crippen molar-refractivity contribution in [1.29, 1.82) is 0 Å². The molecule has 1 aromatic carbocycles. The zero-order valence-corrected chi connectivity index (χ0v) is 11.8. The summed E-state index contributed by atoms with van der Waals surface area (Å²) in [6, 6.07) is 8.50. The predicted molar refractivity (Wildman–Crippen MR) is 79.4 cm³/mol. The van der Waals surface area contributed by atoms with E-state index in [2.05, 4.69) is 76.3 Å². The smallest absolute Gasteiger partial charge is 0.0151 e. The number of thioether (sulfide) groups is 1. The van der Waals surface area contributed by atoms with E-state index in [0.717, 1.165) is 0 Å². The summed E-state index contributed by atoms with van der Waals surface area (Å²) in [7, 11) is 0. The van der Waals surface area contributed by atoms with Crippen LogP contribution in [-0.2, 0) is 0 Å². The lowest BCUT2D eigenvalue weighted by Gasteiger charge is -2.08. The number of allylic oxidation sites excluding steroid dienone is 5. The van der Waals surface area contributed by atoms with Gasteiger partial charge in [0.2, 0.25) is 0 Å². The van der Waals surface area contributed by atoms with Crippen molar-refractivity contribution in [2.24, 2.45) is 0 Å². The van der Waals surface area contributed by atoms with Crippen LogP contribution in [0, 0.1) is 6.92 Å². The normalized spacial score (nSPS) is 13.4. The molecule has 0 heterocycles. The molecule has 0 fully saturated rings. The van der Waals surface area contributed by atoms with E-state index in [-0.39, 0.29) is 0 Å². The fraction of sp³-hybridized carbons (Fsp3) is 0.250. The minimum Gasteiger partial charge on any atom is -0.0896 e. The second kappa shape index (κ2) is 7.18. The highest BCUT2D eigenvalue weighted by Gasteiger charge is 2.02. The van der Waals surface area contributed by atoms with Crippen molar-refractivity contribution in [2.45, 2.75) is 32.6 Å². The monoisotopic (exact) mass is 244 g/mol. The van der Waals surface area contributed by atoms with Gasteiger partial charge in [-0.1, -0.05) is 54.3 Å². The van der Waals surface area contributed by atoms with E-state index in [4.69, 9.17) is 0 Å². The molecular weight excluding hydrogens is 224 g/mol. The third-order valence-electron chi connectivity index (χ3n) is 2.44. The molecule has 0 unspecified atom stereocenters. The highest BCUT2D eigenvalue weighted by molar-refractivity contribution is 8.03. The summed E-state index contributed by atoms with van der Waals surface area (Å²) in [6.45, 7) is 8.41. The second-order valence-corrected chi connectivity index (χ2v) is 5.00. The van der Waals surface area contributed by atoms with Gasteiger partial charge in [0.25, 0.3) is 0 Å². The molecule has 0 radical (unpaired) electrons. The lowest BCUT2D eigenvalue weighted by atomic mass is 10.2. The van der Waals surface area contributed by atoms with E-state index in [1.54, 1.807) is 0 Å². The van der Waals surface area contributed by atoms with Crippen molar-refractivity contribution in [3.8, 4) is 0 Å². The van der Waals surface area contributed by atoms with Crippen LogP contribution in [0.2, 0.25) is 0 Å². The van der Waals surface area contributed by atoms with Gasteiger partial charge in [0.15, 0.2) is 0 Å². The number of rotatable bonds is 4. The van der Waals surface area contributed by atoms with Gasteiger partial charge in [0.1, 0.15) is 0 Å². The average Bonchev–Trinajstić information content (AvgIpc) is 2.31. The Balaban J connectivity index is 3.04. The quantitative estimate of drug-likeness (QED) is 0.497. The van der Waals surface area contributed by atoms with Gasteiger partial charge in [0, 0.05) is 9.80 Å². The number of hydrogen-bond donors (Lipinski definition) is 0. The van der Waals surface area contributed by atoms with E-state index in [9.17, 15) is 0 Å². The third-order valence-corrected chi connectivity index (χ3v) is 3.79. The first-order valence-corrected chi connectivity index (χ1v) is 6.70. The van der Waals surface area contributed by atoms with E-state index in [1.807, 2.05) is 11.8 Å². The Labute approximate surface area is 109 Å². The van der Waals surface area contributed by atoms with Gasteiger partial charge < -0.3 is 0 Å². The molecule has 0 aliphatic carbocycles. The highest BCUT2D eigenvalue weighted by Crippen LogP contribution is 2.32. The Kier molecular flexibility index (Phi) is 5.85. The summed E-state index contributed by atoms with van der Waals surface area (Å²) < 4.78 is 0. The van der Waals surface area contributed by atoms with Gasteiger partial charge >= 0.3 is 0 Å². The second-order valence-electron chi connectivity index (χ2n) is 3.91. The fourth-order valence-corrected chi connectivity index (χ4v) is 2.56. The van der Waals surface area contributed by atoms with Gasteiger partial charge in [-0.3, -0.25) is 0 Å². The molecule has 0 atom stereocenters. The molecule has 0 bridgehead atoms. The maximum absolute atomic E-state index is 2.17. The maximum atomic E-state index is 2.17. The molecule has 1 aromatic rings. The topological polar surface area (TPSA) is 0 Å². The van der Waals surface area contributed by atoms with Gasteiger partial charge in [-0.2, -0.15) is 0 Å². The standard InChI is InChI=1S/C16H20S/c1-5-9-13(3)15(10-6-2)17-16-12-8-7-11-14(16)4/h5-12H,1-4H3/b9-5-,10-6-,15-13+. The maximum Gasteiger partial charge on any atom is 0.0151 e. The average molecular weight is 244 g/mol. The van der Waals surface area contributed by atoms with Gasteiger partial charge in [-0.15, -0.1) is 0 Å². The van der Waals surface area contributed by atoms with Crippen molar-refractivity contribution in [1.82, 2.24) is 0 Å². The Hall–Kier alpha value is -1.21. The molecule has 0 aliphatic rings. The molecule has 17 heavy (non-hydrogen) atoms. The van der Waals surface area contributed by atoms with Gasteiger partial charge in [-0.05, 0) is 44.9 Å². The number of hydrogen-bond acceptors (Lipinski definition) is 1. The minimum atomic E-state index is 1.30. The van der Waals surface area contributed by atoms with Crippen LogP contribution in [0.1, 0.15) is 26.3 Å². The van der Waals surface area contributed by atoms with E-state index >= 15 is 0 Å². The van der Waals surface area contributed by atoms with Crippen LogP contribution in [0.25, 0.3) is 0 Å². The summed E-state index contributed by atoms with van der Waals surface area (Å²) >= 11 is 1.83. The molecular formula is C16H20S. The lowest BCUT2D eigenvalue weighted by molar-refractivity contribution is 1.30. The summed E-state index contributed by atoms with van der Waals surface area (Å²) in [6.07, 6.45) is 8.50. The molecule has 1 heteroatoms. The molecule has 0 N–H and O–H groups in total. The van der Waals surface area contributed by atoms with E-state index in [0.29, 0.717) is 0 Å². The number of aryl methyl sites for hydroxylation is 1. The highest BCUT2D eigenvalue weighted by atomic mass is 32.2. The Bertz CT molecular complexity index is 450. The van der Waals surface area contributed by atoms with Crippen molar-refractivity contribution >= 4 is 11.8 Å². The van der Waals surface area contributed by atoms with Crippen LogP contribution < -0.4 is 0 Å². The van der Waals surface area contributed by atoms with E-state index < -0.39 is 0 Å². The van der Waals surface area contributed by atoms with Crippen molar-refractivity contribution in [3.05, 3.63) is 64.6 Å². The summed E-state index contributed by atoms with van der Waals surface area (Å²) in [4.78, 5) is 2.63. The lowest BCUT2D eigenvalue weighted by Crippen LogP contribution is -1.82. The van der Waals surface area contributed by atoms with Crippen LogP contribution >= 0.6 is 11.8 Å². The van der Waals surface area contributed by atoms with Crippen molar-refractivity contribution in [3.63, 3.8) is 0 Å². The Morgan fingerprint density at radius 2 is 1.71 bits per heavy atom. The van der Waals surface area contributed by atoms with E-state index in [1.165, 1.54) is 20.9 Å². The van der Waals surface area contributed by atoms with Gasteiger partial charge in [0.05, 0.1) is 0 Å². The first-order valence-electron chi connectivity index (χ1n) is 5.88. The SMILES string of the molecule is C\C=C/C(C)=C(\C=C/C)Sc1ccccc1C. The molecule has 90 valence electrons. The Morgan fingerprint density at radius 3 is 2.29 bits per heavy atom. The van der Waals surface area contributed by atoms with Crippen LogP contribution in [0.3, 0.4) is 0 Å². The predicted octanol–water partition coefficient (Wildman–Crippen LogP) is 5.51. The summed E-state index contributed by atoms with van der Waals surface area (Å²) in [5.41, 5.74) is 2.63. The molecule has 0 aromatic heterocycles. The zero-order chi connectivity index (χ0) is 12.7. The fourth-order valence-electron chi connectivity index (χ4n) is 1.52. The molecule has 0 amide bonds. The van der Waals surface area contributed by atoms with Crippen LogP contribution in [0.4, 0.5) is 0 Å². The molecule has 0 saturated carbocycles. The molecule has 0 spiro atoms. The summed E-state index contributed by atoms with van der Waals surface area (Å²) in [5, 5.41) is 0. The zero-order valence-electron chi connectivity index (χ0n) is 11.0. The molecule has 0 saturated heterocycles. The van der Waals surface area contributed by atoms with Crippen LogP contribution in [0.5, 0.6) is 0 Å². The molecule has 0 aliphatic heterocycles. The van der Waals surface area contributed by atoms with Crippen LogP contribution in [-0.4, -0.2) is 0 Å². The molecule has 0 nitrogen and oxygen atoms in total. The van der Waals surface area contributed by atoms with Crippen molar-refractivity contribution < 1.29 is 0 Å². The summed E-state index contributed by atoms with van der Waals surface area (Å²) in [5.74, 6) is 0. The Morgan fingerprint density at radius 1 is 1.06 bits per heavy atom.